The molecule has 0 spiro atoms. The number of carbonyl (C=O) groups is 1. The number of fused-ring (bicyclic) bond motifs is 2. The van der Waals surface area contributed by atoms with Gasteiger partial charge in [0.05, 0.1) is 11.6 Å². The number of piperidine rings is 1. The van der Waals surface area contributed by atoms with Gasteiger partial charge in [0.1, 0.15) is 0 Å². The lowest BCUT2D eigenvalue weighted by atomic mass is 9.84. The Kier molecular flexibility index (Phi) is 3.12. The molecule has 0 aliphatic carbocycles. The molecular formula is C16H18N2O. The molecule has 19 heavy (non-hydrogen) atoms. The molecule has 2 bridgehead atoms. The predicted molar refractivity (Wildman–Crippen MR) is 72.9 cm³/mol. The van der Waals surface area contributed by atoms with Crippen LogP contribution in [0.3, 0.4) is 0 Å². The summed E-state index contributed by atoms with van der Waals surface area (Å²) in [5, 5.41) is 12.5. The molecule has 0 saturated carbocycles. The summed E-state index contributed by atoms with van der Waals surface area (Å²) in [6, 6.07) is 8.56. The van der Waals surface area contributed by atoms with Gasteiger partial charge in [0.2, 0.25) is 0 Å². The lowest BCUT2D eigenvalue weighted by Crippen LogP contribution is -2.40. The first kappa shape index (κ1) is 12.4. The molecule has 2 atom stereocenters. The Hall–Kier alpha value is -1.66. The van der Waals surface area contributed by atoms with E-state index in [4.69, 9.17) is 5.26 Å². The zero-order chi connectivity index (χ0) is 13.4. The second-order valence-corrected chi connectivity index (χ2v) is 5.81. The third-order valence-corrected chi connectivity index (χ3v) is 4.48. The number of nitrogens with zero attached hydrogens (tertiary/aromatic N) is 1. The number of Topliss-reactive ketones (excluding diaryl/α,β-unsaturated/α-hetero) is 1. The third kappa shape index (κ3) is 2.29. The Morgan fingerprint density at radius 1 is 1.32 bits per heavy atom. The number of nitrogens with one attached hydrogen (secondary N) is 1. The molecule has 3 nitrogen and oxygen atoms in total. The van der Waals surface area contributed by atoms with Crippen LogP contribution in [-0.4, -0.2) is 17.9 Å². The van der Waals surface area contributed by atoms with E-state index in [-0.39, 0.29) is 11.7 Å². The fourth-order valence-electron chi connectivity index (χ4n) is 3.45. The second-order valence-electron chi connectivity index (χ2n) is 5.81. The first-order valence-electron chi connectivity index (χ1n) is 6.98. The zero-order valence-electron chi connectivity index (χ0n) is 11.1. The Morgan fingerprint density at radius 3 is 2.63 bits per heavy atom. The minimum atomic E-state index is 0.131. The normalized spacial score (nSPS) is 28.9. The maximum Gasteiger partial charge on any atom is 0.166 e. The van der Waals surface area contributed by atoms with E-state index in [1.165, 1.54) is 12.8 Å². The highest BCUT2D eigenvalue weighted by Gasteiger charge is 2.37. The van der Waals surface area contributed by atoms with Gasteiger partial charge in [-0.25, -0.2) is 0 Å². The van der Waals surface area contributed by atoms with Gasteiger partial charge >= 0.3 is 0 Å². The molecular weight excluding hydrogens is 236 g/mol. The fraction of sp³-hybridized carbons (Fsp3) is 0.500. The van der Waals surface area contributed by atoms with Gasteiger partial charge in [0.15, 0.2) is 5.78 Å². The minimum Gasteiger partial charge on any atom is -0.311 e. The highest BCUT2D eigenvalue weighted by atomic mass is 16.1. The smallest absolute Gasteiger partial charge is 0.166 e. The van der Waals surface area contributed by atoms with Crippen molar-refractivity contribution >= 4 is 5.78 Å². The van der Waals surface area contributed by atoms with E-state index in [0.29, 0.717) is 17.6 Å². The Labute approximate surface area is 113 Å². The van der Waals surface area contributed by atoms with Crippen LogP contribution in [0.4, 0.5) is 0 Å². The standard InChI is InChI=1S/C16H18N2O/c1-10-2-3-11(9-17)6-15(10)16(19)12-7-13-4-5-14(8-12)18-13/h2-3,6,12-14,18H,4-5,7-8H2,1H3. The topological polar surface area (TPSA) is 52.9 Å². The lowest BCUT2D eigenvalue weighted by Gasteiger charge is -2.28. The number of rotatable bonds is 2. The number of nitriles is 1. The summed E-state index contributed by atoms with van der Waals surface area (Å²) in [6.07, 6.45) is 4.30. The lowest BCUT2D eigenvalue weighted by molar-refractivity contribution is 0.0875. The van der Waals surface area contributed by atoms with Crippen molar-refractivity contribution in [2.75, 3.05) is 0 Å². The Morgan fingerprint density at radius 2 is 2.00 bits per heavy atom. The molecule has 0 amide bonds. The molecule has 2 unspecified atom stereocenters. The van der Waals surface area contributed by atoms with Crippen LogP contribution in [0, 0.1) is 24.2 Å². The molecule has 3 rings (SSSR count). The van der Waals surface area contributed by atoms with Crippen LogP contribution >= 0.6 is 0 Å². The van der Waals surface area contributed by atoms with Crippen LogP contribution in [0.1, 0.15) is 47.2 Å². The van der Waals surface area contributed by atoms with E-state index in [0.717, 1.165) is 24.0 Å². The number of aryl methyl sites for hydroxylation is 1. The van der Waals surface area contributed by atoms with Crippen molar-refractivity contribution < 1.29 is 4.79 Å². The SMILES string of the molecule is Cc1ccc(C#N)cc1C(=O)C1CC2CCC(C1)N2. The average Bonchev–Trinajstić information content (AvgIpc) is 2.77. The van der Waals surface area contributed by atoms with Gasteiger partial charge in [0.25, 0.3) is 0 Å². The van der Waals surface area contributed by atoms with E-state index in [2.05, 4.69) is 11.4 Å². The van der Waals surface area contributed by atoms with Crippen LogP contribution in [0.2, 0.25) is 0 Å². The van der Waals surface area contributed by atoms with E-state index in [9.17, 15) is 4.79 Å². The summed E-state index contributed by atoms with van der Waals surface area (Å²) in [7, 11) is 0. The first-order chi connectivity index (χ1) is 9.17. The number of benzene rings is 1. The third-order valence-electron chi connectivity index (χ3n) is 4.48. The van der Waals surface area contributed by atoms with Crippen molar-refractivity contribution in [2.24, 2.45) is 5.92 Å². The average molecular weight is 254 g/mol. The Balaban J connectivity index is 1.86. The largest absolute Gasteiger partial charge is 0.311 e. The number of hydrogen-bond donors (Lipinski definition) is 1. The van der Waals surface area contributed by atoms with Crippen molar-refractivity contribution in [1.29, 1.82) is 5.26 Å². The van der Waals surface area contributed by atoms with Crippen molar-refractivity contribution in [1.82, 2.24) is 5.32 Å². The minimum absolute atomic E-state index is 0.131. The number of hydrogen-bond acceptors (Lipinski definition) is 3. The quantitative estimate of drug-likeness (QED) is 0.825. The van der Waals surface area contributed by atoms with Gasteiger partial charge in [-0.1, -0.05) is 6.07 Å². The van der Waals surface area contributed by atoms with Crippen molar-refractivity contribution in [3.63, 3.8) is 0 Å². The number of carbonyl (C=O) groups excluding carboxylic acids is 1. The molecule has 1 aromatic carbocycles. The maximum absolute atomic E-state index is 12.7. The van der Waals surface area contributed by atoms with Crippen LogP contribution in [-0.2, 0) is 0 Å². The van der Waals surface area contributed by atoms with Gasteiger partial charge in [-0.15, -0.1) is 0 Å². The van der Waals surface area contributed by atoms with E-state index in [1.807, 2.05) is 13.0 Å². The van der Waals surface area contributed by atoms with Crippen LogP contribution in [0.25, 0.3) is 0 Å². The van der Waals surface area contributed by atoms with Gasteiger partial charge in [-0.2, -0.15) is 5.26 Å². The molecule has 98 valence electrons. The monoisotopic (exact) mass is 254 g/mol. The number of ketones is 1. The summed E-state index contributed by atoms with van der Waals surface area (Å²) in [4.78, 5) is 12.7. The molecule has 1 aromatic rings. The van der Waals surface area contributed by atoms with Gasteiger partial charge in [0, 0.05) is 23.6 Å². The molecule has 3 heteroatoms. The molecule has 2 fully saturated rings. The molecule has 0 radical (unpaired) electrons. The fourth-order valence-corrected chi connectivity index (χ4v) is 3.45. The summed E-state index contributed by atoms with van der Waals surface area (Å²) < 4.78 is 0. The van der Waals surface area contributed by atoms with E-state index in [1.54, 1.807) is 12.1 Å². The summed E-state index contributed by atoms with van der Waals surface area (Å²) in [5.41, 5.74) is 2.30. The van der Waals surface area contributed by atoms with Gasteiger partial charge in [-0.05, 0) is 50.3 Å². The van der Waals surface area contributed by atoms with Crippen LogP contribution in [0.5, 0.6) is 0 Å². The van der Waals surface area contributed by atoms with Gasteiger partial charge < -0.3 is 5.32 Å². The highest BCUT2D eigenvalue weighted by molar-refractivity contribution is 5.99. The highest BCUT2D eigenvalue weighted by Crippen LogP contribution is 2.33. The van der Waals surface area contributed by atoms with E-state index < -0.39 is 0 Å². The van der Waals surface area contributed by atoms with Crippen molar-refractivity contribution in [3.05, 3.63) is 34.9 Å². The van der Waals surface area contributed by atoms with Gasteiger partial charge in [-0.3, -0.25) is 4.79 Å². The van der Waals surface area contributed by atoms with Crippen molar-refractivity contribution in [2.45, 2.75) is 44.7 Å². The molecule has 2 aliphatic heterocycles. The first-order valence-corrected chi connectivity index (χ1v) is 6.98. The van der Waals surface area contributed by atoms with Crippen molar-refractivity contribution in [3.8, 4) is 6.07 Å². The zero-order valence-corrected chi connectivity index (χ0v) is 11.1. The molecule has 2 saturated heterocycles. The molecule has 1 N–H and O–H groups in total. The van der Waals surface area contributed by atoms with E-state index >= 15 is 0 Å². The predicted octanol–water partition coefficient (Wildman–Crippen LogP) is 2.58. The van der Waals surface area contributed by atoms with Crippen LogP contribution < -0.4 is 5.32 Å². The van der Waals surface area contributed by atoms with Crippen LogP contribution in [0.15, 0.2) is 18.2 Å². The second kappa shape index (κ2) is 4.79. The maximum atomic E-state index is 12.7. The summed E-state index contributed by atoms with van der Waals surface area (Å²) >= 11 is 0. The molecule has 2 aliphatic rings. The Bertz CT molecular complexity index is 546. The molecule has 0 aromatic heterocycles. The molecule has 2 heterocycles. The summed E-state index contributed by atoms with van der Waals surface area (Å²) in [6.45, 7) is 1.95. The summed E-state index contributed by atoms with van der Waals surface area (Å²) in [5.74, 6) is 0.361.